The van der Waals surface area contributed by atoms with E-state index in [0.29, 0.717) is 5.56 Å². The van der Waals surface area contributed by atoms with Crippen molar-refractivity contribution >= 4 is 5.91 Å². The van der Waals surface area contributed by atoms with E-state index in [9.17, 15) is 18.0 Å². The standard InChI is InChI=1S/C15H12F3NO/c1-9-11(14(19)20)7-8-12(15(16,17)18)13(9)10-5-3-2-4-6-10/h2-8H,1H3,(H2,19,20). The largest absolute Gasteiger partial charge is 0.417 e. The first kappa shape index (κ1) is 14.1. The fourth-order valence-electron chi connectivity index (χ4n) is 2.19. The Morgan fingerprint density at radius 2 is 1.65 bits per heavy atom. The predicted molar refractivity (Wildman–Crippen MR) is 70.1 cm³/mol. The quantitative estimate of drug-likeness (QED) is 0.893. The van der Waals surface area contributed by atoms with E-state index in [1.165, 1.54) is 6.92 Å². The summed E-state index contributed by atoms with van der Waals surface area (Å²) in [5.74, 6) is -0.742. The van der Waals surface area contributed by atoms with E-state index >= 15 is 0 Å². The molecule has 2 nitrogen and oxygen atoms in total. The topological polar surface area (TPSA) is 43.1 Å². The SMILES string of the molecule is Cc1c(C(N)=O)ccc(C(F)(F)F)c1-c1ccccc1. The first-order chi connectivity index (χ1) is 9.32. The molecule has 0 heterocycles. The van der Waals surface area contributed by atoms with Gasteiger partial charge in [-0.1, -0.05) is 30.3 Å². The van der Waals surface area contributed by atoms with Gasteiger partial charge in [0.15, 0.2) is 0 Å². The van der Waals surface area contributed by atoms with Gasteiger partial charge < -0.3 is 5.73 Å². The second-order valence-corrected chi connectivity index (χ2v) is 4.39. The first-order valence-corrected chi connectivity index (χ1v) is 5.88. The van der Waals surface area contributed by atoms with E-state index in [1.807, 2.05) is 0 Å². The van der Waals surface area contributed by atoms with E-state index in [2.05, 4.69) is 0 Å². The highest BCUT2D eigenvalue weighted by atomic mass is 19.4. The molecule has 0 atom stereocenters. The molecule has 2 rings (SSSR count). The van der Waals surface area contributed by atoms with E-state index in [1.54, 1.807) is 30.3 Å². The third-order valence-electron chi connectivity index (χ3n) is 3.10. The molecule has 0 saturated carbocycles. The zero-order chi connectivity index (χ0) is 14.9. The minimum Gasteiger partial charge on any atom is -0.366 e. The highest BCUT2D eigenvalue weighted by Crippen LogP contribution is 2.39. The van der Waals surface area contributed by atoms with Gasteiger partial charge in [0.25, 0.3) is 0 Å². The second-order valence-electron chi connectivity index (χ2n) is 4.39. The summed E-state index contributed by atoms with van der Waals surface area (Å²) >= 11 is 0. The summed E-state index contributed by atoms with van der Waals surface area (Å²) in [7, 11) is 0. The molecule has 0 aromatic heterocycles. The summed E-state index contributed by atoms with van der Waals surface area (Å²) in [6.07, 6.45) is -4.49. The molecule has 1 amide bonds. The Morgan fingerprint density at radius 3 is 2.15 bits per heavy atom. The van der Waals surface area contributed by atoms with Gasteiger partial charge in [-0.05, 0) is 35.7 Å². The molecular weight excluding hydrogens is 267 g/mol. The van der Waals surface area contributed by atoms with Crippen molar-refractivity contribution in [1.29, 1.82) is 0 Å². The van der Waals surface area contributed by atoms with Gasteiger partial charge in [0.2, 0.25) is 5.91 Å². The maximum Gasteiger partial charge on any atom is 0.417 e. The fourth-order valence-corrected chi connectivity index (χ4v) is 2.19. The molecule has 5 heteroatoms. The lowest BCUT2D eigenvalue weighted by Crippen LogP contribution is -2.16. The van der Waals surface area contributed by atoms with Crippen molar-refractivity contribution in [2.24, 2.45) is 5.73 Å². The molecule has 2 aromatic carbocycles. The van der Waals surface area contributed by atoms with Gasteiger partial charge in [-0.15, -0.1) is 0 Å². The second kappa shape index (κ2) is 5.00. The molecular formula is C15H12F3NO. The summed E-state index contributed by atoms with van der Waals surface area (Å²) < 4.78 is 39.4. The molecule has 0 aliphatic rings. The highest BCUT2D eigenvalue weighted by Gasteiger charge is 2.35. The van der Waals surface area contributed by atoms with Gasteiger partial charge >= 0.3 is 6.18 Å². The number of hydrogen-bond acceptors (Lipinski definition) is 1. The van der Waals surface area contributed by atoms with Gasteiger partial charge in [0.1, 0.15) is 0 Å². The zero-order valence-electron chi connectivity index (χ0n) is 10.7. The number of hydrogen-bond donors (Lipinski definition) is 1. The van der Waals surface area contributed by atoms with Crippen LogP contribution in [0.5, 0.6) is 0 Å². The van der Waals surface area contributed by atoms with Crippen LogP contribution >= 0.6 is 0 Å². The number of amides is 1. The van der Waals surface area contributed by atoms with Crippen LogP contribution in [0.1, 0.15) is 21.5 Å². The van der Waals surface area contributed by atoms with Crippen molar-refractivity contribution in [1.82, 2.24) is 0 Å². The number of halogens is 3. The van der Waals surface area contributed by atoms with Gasteiger partial charge in [0, 0.05) is 5.56 Å². The number of rotatable bonds is 2. The Kier molecular flexibility index (Phi) is 3.53. The maximum absolute atomic E-state index is 13.1. The summed E-state index contributed by atoms with van der Waals surface area (Å²) in [5.41, 5.74) is 5.16. The minimum atomic E-state index is -4.49. The fraction of sp³-hybridized carbons (Fsp3) is 0.133. The Hall–Kier alpha value is -2.30. The molecule has 0 aliphatic carbocycles. The van der Waals surface area contributed by atoms with Crippen molar-refractivity contribution < 1.29 is 18.0 Å². The normalized spacial score (nSPS) is 11.4. The lowest BCUT2D eigenvalue weighted by molar-refractivity contribution is -0.137. The molecule has 0 unspecified atom stereocenters. The van der Waals surface area contributed by atoms with Crippen LogP contribution in [0.15, 0.2) is 42.5 Å². The van der Waals surface area contributed by atoms with Gasteiger partial charge in [-0.2, -0.15) is 13.2 Å². The van der Waals surface area contributed by atoms with Crippen LogP contribution in [-0.4, -0.2) is 5.91 Å². The first-order valence-electron chi connectivity index (χ1n) is 5.88. The van der Waals surface area contributed by atoms with Crippen LogP contribution in [-0.2, 0) is 6.18 Å². The Bertz CT molecular complexity index is 648. The third-order valence-corrected chi connectivity index (χ3v) is 3.10. The number of carbonyl (C=O) groups is 1. The molecule has 2 N–H and O–H groups in total. The number of carbonyl (C=O) groups excluding carboxylic acids is 1. The summed E-state index contributed by atoms with van der Waals surface area (Å²) in [4.78, 5) is 11.3. The summed E-state index contributed by atoms with van der Waals surface area (Å²) in [6.45, 7) is 1.47. The number of alkyl halides is 3. The molecule has 0 fully saturated rings. The number of benzene rings is 2. The minimum absolute atomic E-state index is 0.00519. The van der Waals surface area contributed by atoms with Crippen molar-refractivity contribution in [2.75, 3.05) is 0 Å². The van der Waals surface area contributed by atoms with E-state index in [4.69, 9.17) is 5.73 Å². The lowest BCUT2D eigenvalue weighted by atomic mass is 9.91. The molecule has 0 spiro atoms. The van der Waals surface area contributed by atoms with Crippen molar-refractivity contribution in [3.63, 3.8) is 0 Å². The molecule has 0 aliphatic heterocycles. The molecule has 104 valence electrons. The van der Waals surface area contributed by atoms with Crippen LogP contribution in [0.3, 0.4) is 0 Å². The smallest absolute Gasteiger partial charge is 0.366 e. The van der Waals surface area contributed by atoms with Crippen molar-refractivity contribution in [2.45, 2.75) is 13.1 Å². The average Bonchev–Trinajstić information content (AvgIpc) is 2.37. The predicted octanol–water partition coefficient (Wildman–Crippen LogP) is 3.78. The van der Waals surface area contributed by atoms with Crippen molar-refractivity contribution in [3.05, 3.63) is 59.2 Å². The van der Waals surface area contributed by atoms with Gasteiger partial charge in [-0.25, -0.2) is 0 Å². The number of nitrogens with two attached hydrogens (primary N) is 1. The van der Waals surface area contributed by atoms with Crippen LogP contribution in [0.25, 0.3) is 11.1 Å². The maximum atomic E-state index is 13.1. The summed E-state index contributed by atoms with van der Waals surface area (Å²) in [6, 6.07) is 10.2. The van der Waals surface area contributed by atoms with Gasteiger partial charge in [0.05, 0.1) is 5.56 Å². The monoisotopic (exact) mass is 279 g/mol. The number of primary amides is 1. The van der Waals surface area contributed by atoms with Crippen LogP contribution in [0.4, 0.5) is 13.2 Å². The Morgan fingerprint density at radius 1 is 1.05 bits per heavy atom. The Balaban J connectivity index is 2.80. The lowest BCUT2D eigenvalue weighted by Gasteiger charge is -2.17. The molecule has 0 bridgehead atoms. The van der Waals surface area contributed by atoms with Crippen molar-refractivity contribution in [3.8, 4) is 11.1 Å². The van der Waals surface area contributed by atoms with E-state index < -0.39 is 17.6 Å². The molecule has 0 radical (unpaired) electrons. The highest BCUT2D eigenvalue weighted by molar-refractivity contribution is 5.96. The Labute approximate surface area is 114 Å². The molecule has 2 aromatic rings. The van der Waals surface area contributed by atoms with Crippen LogP contribution in [0, 0.1) is 6.92 Å². The molecule has 20 heavy (non-hydrogen) atoms. The van der Waals surface area contributed by atoms with E-state index in [0.717, 1.165) is 12.1 Å². The van der Waals surface area contributed by atoms with Crippen LogP contribution < -0.4 is 5.73 Å². The zero-order valence-corrected chi connectivity index (χ0v) is 10.7. The average molecular weight is 279 g/mol. The van der Waals surface area contributed by atoms with Gasteiger partial charge in [-0.3, -0.25) is 4.79 Å². The van der Waals surface area contributed by atoms with E-state index in [-0.39, 0.29) is 16.7 Å². The van der Waals surface area contributed by atoms with Crippen LogP contribution in [0.2, 0.25) is 0 Å². The molecule has 0 saturated heterocycles. The summed E-state index contributed by atoms with van der Waals surface area (Å²) in [5, 5.41) is 0. The third kappa shape index (κ3) is 2.52.